The summed E-state index contributed by atoms with van der Waals surface area (Å²) in [5.74, 6) is 0.102. The third-order valence-electron chi connectivity index (χ3n) is 5.62. The molecule has 1 aliphatic carbocycles. The second-order valence-electron chi connectivity index (χ2n) is 7.26. The summed E-state index contributed by atoms with van der Waals surface area (Å²) >= 11 is 1.55. The first-order valence-electron chi connectivity index (χ1n) is 8.64. The molecule has 1 spiro atoms. The number of aromatic nitrogens is 2. The lowest BCUT2D eigenvalue weighted by Crippen LogP contribution is -2.61. The minimum Gasteiger partial charge on any atom is -0.391 e. The maximum atomic E-state index is 12.9. The third kappa shape index (κ3) is 2.32. The number of rotatable bonds is 3. The van der Waals surface area contributed by atoms with Crippen LogP contribution < -0.4 is 0 Å². The molecule has 1 aliphatic heterocycles. The van der Waals surface area contributed by atoms with Crippen LogP contribution >= 0.6 is 11.3 Å². The number of carbonyl (C=O) groups excluding carboxylic acids is 1. The molecule has 1 amide bonds. The van der Waals surface area contributed by atoms with Crippen molar-refractivity contribution in [1.29, 1.82) is 0 Å². The summed E-state index contributed by atoms with van der Waals surface area (Å²) < 4.78 is 0. The summed E-state index contributed by atoms with van der Waals surface area (Å²) in [7, 11) is 0. The van der Waals surface area contributed by atoms with Gasteiger partial charge in [-0.25, -0.2) is 4.98 Å². The fourth-order valence-electron chi connectivity index (χ4n) is 4.00. The Labute approximate surface area is 149 Å². The normalized spacial score (nSPS) is 18.4. The highest BCUT2D eigenvalue weighted by molar-refractivity contribution is 7.15. The van der Waals surface area contributed by atoms with E-state index in [1.807, 2.05) is 29.3 Å². The van der Waals surface area contributed by atoms with Gasteiger partial charge in [-0.05, 0) is 31.0 Å². The van der Waals surface area contributed by atoms with Crippen LogP contribution in [-0.4, -0.2) is 39.0 Å². The van der Waals surface area contributed by atoms with Crippen LogP contribution in [0.4, 0.5) is 0 Å². The first kappa shape index (κ1) is 15.1. The number of nitrogens with one attached hydrogen (secondary N) is 1. The fraction of sp³-hybridized carbons (Fsp3) is 0.368. The molecule has 5 rings (SSSR count). The van der Waals surface area contributed by atoms with Crippen molar-refractivity contribution in [3.63, 3.8) is 0 Å². The number of aliphatic hydroxyl groups is 1. The lowest BCUT2D eigenvalue weighted by atomic mass is 9.63. The van der Waals surface area contributed by atoms with E-state index in [0.29, 0.717) is 11.0 Å². The van der Waals surface area contributed by atoms with E-state index in [4.69, 9.17) is 0 Å². The molecular weight excluding hydrogens is 334 g/mol. The van der Waals surface area contributed by atoms with Crippen LogP contribution in [0, 0.1) is 5.41 Å². The first-order chi connectivity index (χ1) is 12.2. The van der Waals surface area contributed by atoms with Crippen LogP contribution in [0.15, 0.2) is 30.6 Å². The van der Waals surface area contributed by atoms with Gasteiger partial charge in [0.2, 0.25) is 0 Å². The van der Waals surface area contributed by atoms with E-state index in [0.717, 1.165) is 39.4 Å². The quantitative estimate of drug-likeness (QED) is 0.758. The van der Waals surface area contributed by atoms with Gasteiger partial charge in [-0.2, -0.15) is 0 Å². The van der Waals surface area contributed by atoms with Crippen LogP contribution in [-0.2, 0) is 6.61 Å². The van der Waals surface area contributed by atoms with Crippen molar-refractivity contribution in [2.75, 3.05) is 13.1 Å². The molecule has 1 saturated carbocycles. The number of aromatic amines is 1. The second-order valence-corrected chi connectivity index (χ2v) is 8.43. The Balaban J connectivity index is 1.47. The molecule has 25 heavy (non-hydrogen) atoms. The molecule has 2 aliphatic rings. The van der Waals surface area contributed by atoms with Gasteiger partial charge in [0.15, 0.2) is 0 Å². The number of amides is 1. The van der Waals surface area contributed by atoms with Crippen molar-refractivity contribution < 1.29 is 9.90 Å². The molecule has 6 heteroatoms. The predicted molar refractivity (Wildman–Crippen MR) is 97.5 cm³/mol. The molecule has 3 aromatic rings. The molecule has 0 unspecified atom stereocenters. The van der Waals surface area contributed by atoms with Gasteiger partial charge >= 0.3 is 0 Å². The van der Waals surface area contributed by atoms with Gasteiger partial charge in [0.25, 0.3) is 5.91 Å². The van der Waals surface area contributed by atoms with Crippen molar-refractivity contribution in [2.45, 2.75) is 25.9 Å². The standard InChI is InChI=1S/C19H19N3O2S/c23-9-13-2-3-16(25-13)12-6-14-15(8-21-17(14)20-7-12)18(24)22-10-19(11-22)4-1-5-19/h2-3,6-8,23H,1,4-5,9-11H2,(H,20,21). The number of aliphatic hydroxyl groups excluding tert-OH is 1. The molecule has 0 radical (unpaired) electrons. The molecule has 128 valence electrons. The van der Waals surface area contributed by atoms with Gasteiger partial charge < -0.3 is 15.0 Å². The molecule has 2 fully saturated rings. The van der Waals surface area contributed by atoms with Crippen molar-refractivity contribution >= 4 is 28.3 Å². The largest absolute Gasteiger partial charge is 0.391 e. The topological polar surface area (TPSA) is 69.2 Å². The summed E-state index contributed by atoms with van der Waals surface area (Å²) in [6, 6.07) is 5.94. The molecule has 4 heterocycles. The zero-order valence-corrected chi connectivity index (χ0v) is 14.6. The van der Waals surface area contributed by atoms with Gasteiger partial charge in [0, 0.05) is 51.6 Å². The first-order valence-corrected chi connectivity index (χ1v) is 9.45. The average Bonchev–Trinajstić information content (AvgIpc) is 3.18. The highest BCUT2D eigenvalue weighted by Gasteiger charge is 2.49. The molecule has 2 N–H and O–H groups in total. The third-order valence-corrected chi connectivity index (χ3v) is 6.74. The smallest absolute Gasteiger partial charge is 0.256 e. The summed E-state index contributed by atoms with van der Waals surface area (Å²) in [6.45, 7) is 1.85. The van der Waals surface area contributed by atoms with Crippen LogP contribution in [0.25, 0.3) is 21.5 Å². The van der Waals surface area contributed by atoms with Crippen LogP contribution in [0.1, 0.15) is 34.5 Å². The molecule has 3 aromatic heterocycles. The Kier molecular flexibility index (Phi) is 3.27. The number of fused-ring (bicyclic) bond motifs is 1. The lowest BCUT2D eigenvalue weighted by Gasteiger charge is -2.55. The van der Waals surface area contributed by atoms with Gasteiger partial charge in [0.1, 0.15) is 5.65 Å². The van der Waals surface area contributed by atoms with Gasteiger partial charge in [-0.1, -0.05) is 6.42 Å². The van der Waals surface area contributed by atoms with Gasteiger partial charge in [-0.15, -0.1) is 11.3 Å². The number of thiophene rings is 1. The van der Waals surface area contributed by atoms with Crippen LogP contribution in [0.2, 0.25) is 0 Å². The van der Waals surface area contributed by atoms with E-state index in [2.05, 4.69) is 9.97 Å². The number of carbonyl (C=O) groups is 1. The van der Waals surface area contributed by atoms with E-state index in [-0.39, 0.29) is 12.5 Å². The minimum atomic E-state index is 0.0466. The van der Waals surface area contributed by atoms with E-state index in [1.165, 1.54) is 19.3 Å². The molecular formula is C19H19N3O2S. The van der Waals surface area contributed by atoms with Gasteiger partial charge in [0.05, 0.1) is 12.2 Å². The van der Waals surface area contributed by atoms with E-state index < -0.39 is 0 Å². The summed E-state index contributed by atoms with van der Waals surface area (Å²) in [5.41, 5.74) is 2.86. The van der Waals surface area contributed by atoms with E-state index in [9.17, 15) is 9.90 Å². The number of likely N-dealkylation sites (tertiary alicyclic amines) is 1. The highest BCUT2D eigenvalue weighted by atomic mass is 32.1. The van der Waals surface area contributed by atoms with Crippen LogP contribution in [0.3, 0.4) is 0 Å². The lowest BCUT2D eigenvalue weighted by molar-refractivity contribution is -0.0425. The minimum absolute atomic E-state index is 0.0466. The van der Waals surface area contributed by atoms with Crippen molar-refractivity contribution in [3.8, 4) is 10.4 Å². The van der Waals surface area contributed by atoms with Crippen molar-refractivity contribution in [2.24, 2.45) is 5.41 Å². The van der Waals surface area contributed by atoms with Crippen molar-refractivity contribution in [3.05, 3.63) is 41.0 Å². The molecule has 0 aromatic carbocycles. The SMILES string of the molecule is O=C(c1c[nH]c2ncc(-c3ccc(CO)s3)cc12)N1CC2(CCC2)C1. The summed E-state index contributed by atoms with van der Waals surface area (Å²) in [6.07, 6.45) is 7.43. The zero-order valence-electron chi connectivity index (χ0n) is 13.8. The van der Waals surface area contributed by atoms with Gasteiger partial charge in [-0.3, -0.25) is 4.79 Å². The zero-order chi connectivity index (χ0) is 17.0. The average molecular weight is 353 g/mol. The molecule has 0 atom stereocenters. The highest BCUT2D eigenvalue weighted by Crippen LogP contribution is 2.48. The maximum Gasteiger partial charge on any atom is 0.256 e. The Hall–Kier alpha value is -2.18. The van der Waals surface area contributed by atoms with Crippen molar-refractivity contribution in [1.82, 2.24) is 14.9 Å². The van der Waals surface area contributed by atoms with E-state index in [1.54, 1.807) is 17.5 Å². The number of H-pyrrole nitrogens is 1. The van der Waals surface area contributed by atoms with Crippen LogP contribution in [0.5, 0.6) is 0 Å². The predicted octanol–water partition coefficient (Wildman–Crippen LogP) is 3.41. The Bertz CT molecular complexity index is 962. The molecule has 0 bridgehead atoms. The summed E-state index contributed by atoms with van der Waals surface area (Å²) in [4.78, 5) is 24.4. The molecule has 5 nitrogen and oxygen atoms in total. The Morgan fingerprint density at radius 1 is 1.36 bits per heavy atom. The number of hydrogen-bond donors (Lipinski definition) is 2. The number of pyridine rings is 1. The maximum absolute atomic E-state index is 12.9. The monoisotopic (exact) mass is 353 g/mol. The Morgan fingerprint density at radius 3 is 2.88 bits per heavy atom. The number of nitrogens with zero attached hydrogens (tertiary/aromatic N) is 2. The molecule has 1 saturated heterocycles. The van der Waals surface area contributed by atoms with E-state index >= 15 is 0 Å². The fourth-order valence-corrected chi connectivity index (χ4v) is 4.85. The number of hydrogen-bond acceptors (Lipinski definition) is 4. The Morgan fingerprint density at radius 2 is 2.20 bits per heavy atom. The second kappa shape index (κ2) is 5.41. The summed E-state index contributed by atoms with van der Waals surface area (Å²) in [5, 5.41) is 10.1.